The van der Waals surface area contributed by atoms with E-state index in [2.05, 4.69) is 0 Å². The number of benzene rings is 1. The lowest BCUT2D eigenvalue weighted by Gasteiger charge is -2.41. The summed E-state index contributed by atoms with van der Waals surface area (Å²) >= 11 is 0. The summed E-state index contributed by atoms with van der Waals surface area (Å²) < 4.78 is 5.79. The van der Waals surface area contributed by atoms with Gasteiger partial charge in [-0.2, -0.15) is 0 Å². The monoisotopic (exact) mass is 473 g/mol. The second-order valence-electron chi connectivity index (χ2n) is 9.59. The second kappa shape index (κ2) is 11.4. The molecule has 0 unspecified atom stereocenters. The maximum Gasteiger partial charge on any atom is 0.335 e. The zero-order valence-corrected chi connectivity index (χ0v) is 20.2. The van der Waals surface area contributed by atoms with Gasteiger partial charge in [0.05, 0.1) is 18.7 Å². The Balaban J connectivity index is 1.48. The minimum Gasteiger partial charge on any atom is -0.493 e. The largest absolute Gasteiger partial charge is 0.493 e. The van der Waals surface area contributed by atoms with E-state index in [0.29, 0.717) is 45.0 Å². The van der Waals surface area contributed by atoms with Gasteiger partial charge in [0.1, 0.15) is 11.8 Å². The van der Waals surface area contributed by atoms with E-state index in [4.69, 9.17) is 9.84 Å². The van der Waals surface area contributed by atoms with Crippen LogP contribution >= 0.6 is 0 Å². The average molecular weight is 474 g/mol. The predicted octanol–water partition coefficient (Wildman–Crippen LogP) is 2.11. The summed E-state index contributed by atoms with van der Waals surface area (Å²) in [7, 11) is 0. The van der Waals surface area contributed by atoms with Crippen molar-refractivity contribution in [3.63, 3.8) is 0 Å². The number of hydrogen-bond acceptors (Lipinski definition) is 5. The molecule has 186 valence electrons. The minimum atomic E-state index is -0.992. The fourth-order valence-electron chi connectivity index (χ4n) is 4.59. The number of nitrogens with zero attached hydrogens (tertiary/aromatic N) is 3. The fraction of sp³-hybridized carbons (Fsp3) is 0.600. The highest BCUT2D eigenvalue weighted by molar-refractivity contribution is 5.91. The summed E-state index contributed by atoms with van der Waals surface area (Å²) in [5.41, 5.74) is 0.187. The van der Waals surface area contributed by atoms with Crippen LogP contribution in [0.15, 0.2) is 24.3 Å². The molecule has 2 heterocycles. The molecule has 2 fully saturated rings. The van der Waals surface area contributed by atoms with Gasteiger partial charge in [-0.15, -0.1) is 0 Å². The molecular formula is C25H35N3O6. The molecule has 0 spiro atoms. The van der Waals surface area contributed by atoms with Crippen LogP contribution in [0.3, 0.4) is 0 Å². The average Bonchev–Trinajstić information content (AvgIpc) is 2.80. The summed E-state index contributed by atoms with van der Waals surface area (Å²) in [5, 5.41) is 9.10. The molecule has 3 rings (SSSR count). The number of rotatable bonds is 8. The number of likely N-dealkylation sites (tertiary alicyclic amines) is 1. The van der Waals surface area contributed by atoms with Gasteiger partial charge in [-0.05, 0) is 49.3 Å². The van der Waals surface area contributed by atoms with Gasteiger partial charge in [-0.1, -0.05) is 19.9 Å². The Morgan fingerprint density at radius 2 is 1.82 bits per heavy atom. The molecule has 1 N–H and O–H groups in total. The van der Waals surface area contributed by atoms with Crippen LogP contribution in [-0.4, -0.2) is 88.9 Å². The first-order valence-corrected chi connectivity index (χ1v) is 12.0. The first kappa shape index (κ1) is 25.5. The maximum atomic E-state index is 13.0. The number of piperidine rings is 1. The molecule has 2 saturated heterocycles. The van der Waals surface area contributed by atoms with E-state index >= 15 is 0 Å². The number of aromatic carboxylic acids is 1. The van der Waals surface area contributed by atoms with Crippen molar-refractivity contribution in [1.29, 1.82) is 0 Å². The molecule has 1 aromatic rings. The van der Waals surface area contributed by atoms with Gasteiger partial charge < -0.3 is 24.5 Å². The number of piperazine rings is 1. The van der Waals surface area contributed by atoms with E-state index in [1.807, 2.05) is 13.8 Å². The lowest BCUT2D eigenvalue weighted by atomic mass is 9.97. The van der Waals surface area contributed by atoms with Gasteiger partial charge >= 0.3 is 5.97 Å². The molecule has 9 heteroatoms. The Labute approximate surface area is 200 Å². The molecule has 34 heavy (non-hydrogen) atoms. The van der Waals surface area contributed by atoms with Crippen LogP contribution in [0.2, 0.25) is 0 Å². The first-order valence-electron chi connectivity index (χ1n) is 12.0. The quantitative estimate of drug-likeness (QED) is 0.620. The first-order chi connectivity index (χ1) is 16.2. The van der Waals surface area contributed by atoms with Gasteiger partial charge in [0.2, 0.25) is 17.7 Å². The van der Waals surface area contributed by atoms with Crippen molar-refractivity contribution < 1.29 is 29.0 Å². The molecule has 0 aromatic heterocycles. The molecule has 2 aliphatic heterocycles. The standard InChI is InChI=1S/C25H35N3O6/c1-17(2)13-22-24(31)27(11-12-28(22)18(3)29)15-23(30)26-9-7-19(8-10-26)16-34-21-6-4-5-20(14-21)25(32)33/h4-6,14,17,19,22H,7-13,15-16H2,1-3H3,(H,32,33)/t22-/m0/s1. The van der Waals surface area contributed by atoms with E-state index in [0.717, 1.165) is 12.8 Å². The molecule has 3 amide bonds. The lowest BCUT2D eigenvalue weighted by Crippen LogP contribution is -2.60. The van der Waals surface area contributed by atoms with E-state index in [1.165, 1.54) is 19.1 Å². The molecule has 2 aliphatic rings. The van der Waals surface area contributed by atoms with Crippen LogP contribution in [-0.2, 0) is 14.4 Å². The van der Waals surface area contributed by atoms with Crippen molar-refractivity contribution in [1.82, 2.24) is 14.7 Å². The summed E-state index contributed by atoms with van der Waals surface area (Å²) in [6, 6.07) is 5.93. The number of carbonyl (C=O) groups excluding carboxylic acids is 3. The van der Waals surface area contributed by atoms with E-state index in [1.54, 1.807) is 26.8 Å². The van der Waals surface area contributed by atoms with Gasteiger partial charge in [0, 0.05) is 33.1 Å². The maximum absolute atomic E-state index is 13.0. The Bertz CT molecular complexity index is 910. The van der Waals surface area contributed by atoms with Gasteiger partial charge in [0.25, 0.3) is 0 Å². The molecular weight excluding hydrogens is 438 g/mol. The summed E-state index contributed by atoms with van der Waals surface area (Å²) in [6.45, 7) is 8.05. The summed E-state index contributed by atoms with van der Waals surface area (Å²) in [4.78, 5) is 54.0. The van der Waals surface area contributed by atoms with E-state index < -0.39 is 12.0 Å². The fourth-order valence-corrected chi connectivity index (χ4v) is 4.59. The number of amides is 3. The number of ether oxygens (including phenoxy) is 1. The third-order valence-corrected chi connectivity index (χ3v) is 6.54. The number of carbonyl (C=O) groups is 4. The van der Waals surface area contributed by atoms with E-state index in [9.17, 15) is 19.2 Å². The van der Waals surface area contributed by atoms with Crippen LogP contribution in [0.1, 0.15) is 50.4 Å². The Kier molecular flexibility index (Phi) is 8.52. The van der Waals surface area contributed by atoms with Crippen LogP contribution in [0.25, 0.3) is 0 Å². The number of carboxylic acids is 1. The third kappa shape index (κ3) is 6.48. The summed E-state index contributed by atoms with van der Waals surface area (Å²) in [6.07, 6.45) is 2.16. The Morgan fingerprint density at radius 1 is 1.12 bits per heavy atom. The van der Waals surface area contributed by atoms with E-state index in [-0.39, 0.29) is 41.7 Å². The third-order valence-electron chi connectivity index (χ3n) is 6.54. The molecule has 0 aliphatic carbocycles. The highest BCUT2D eigenvalue weighted by Gasteiger charge is 2.37. The van der Waals surface area contributed by atoms with Crippen molar-refractivity contribution in [3.05, 3.63) is 29.8 Å². The zero-order valence-electron chi connectivity index (χ0n) is 20.2. The molecule has 9 nitrogen and oxygen atoms in total. The van der Waals surface area contributed by atoms with Crippen molar-refractivity contribution in [2.75, 3.05) is 39.3 Å². The molecule has 1 aromatic carbocycles. The molecule has 0 radical (unpaired) electrons. The molecule has 0 saturated carbocycles. The van der Waals surface area contributed by atoms with Crippen LogP contribution in [0.4, 0.5) is 0 Å². The minimum absolute atomic E-state index is 0.0440. The predicted molar refractivity (Wildman–Crippen MR) is 125 cm³/mol. The lowest BCUT2D eigenvalue weighted by molar-refractivity contribution is -0.154. The smallest absolute Gasteiger partial charge is 0.335 e. The zero-order chi connectivity index (χ0) is 24.8. The molecule has 1 atom stereocenters. The van der Waals surface area contributed by atoms with Gasteiger partial charge in [-0.25, -0.2) is 4.79 Å². The van der Waals surface area contributed by atoms with Crippen LogP contribution in [0, 0.1) is 11.8 Å². The van der Waals surface area contributed by atoms with Gasteiger partial charge in [-0.3, -0.25) is 14.4 Å². The van der Waals surface area contributed by atoms with Crippen molar-refractivity contribution >= 4 is 23.7 Å². The number of hydrogen-bond donors (Lipinski definition) is 1. The topological polar surface area (TPSA) is 107 Å². The summed E-state index contributed by atoms with van der Waals surface area (Å²) in [5.74, 6) is -0.250. The second-order valence-corrected chi connectivity index (χ2v) is 9.59. The number of carboxylic acid groups (broad SMARTS) is 1. The van der Waals surface area contributed by atoms with Crippen molar-refractivity contribution in [3.8, 4) is 5.75 Å². The van der Waals surface area contributed by atoms with Crippen molar-refractivity contribution in [2.24, 2.45) is 11.8 Å². The Morgan fingerprint density at radius 3 is 2.44 bits per heavy atom. The Hall–Kier alpha value is -3.10. The molecule has 0 bridgehead atoms. The normalized spacial score (nSPS) is 19.5. The highest BCUT2D eigenvalue weighted by Crippen LogP contribution is 2.22. The highest BCUT2D eigenvalue weighted by atomic mass is 16.5. The van der Waals surface area contributed by atoms with Gasteiger partial charge in [0.15, 0.2) is 0 Å². The van der Waals surface area contributed by atoms with Crippen LogP contribution < -0.4 is 4.74 Å². The van der Waals surface area contributed by atoms with Crippen LogP contribution in [0.5, 0.6) is 5.75 Å². The SMILES string of the molecule is CC(=O)N1CCN(CC(=O)N2CCC(COc3cccc(C(=O)O)c3)CC2)C(=O)[C@@H]1CC(C)C. The van der Waals surface area contributed by atoms with Crippen molar-refractivity contribution in [2.45, 2.75) is 46.1 Å².